The SMILES string of the molecule is CCN1C(=O)N(C)C(=O)C(C)(CC(=O)O)C1=O. The van der Waals surface area contributed by atoms with Crippen molar-refractivity contribution >= 4 is 23.8 Å². The van der Waals surface area contributed by atoms with Gasteiger partial charge in [0, 0.05) is 13.6 Å². The number of carbonyl (C=O) groups excluding carboxylic acids is 3. The first-order valence-corrected chi connectivity index (χ1v) is 5.11. The Kier molecular flexibility index (Phi) is 3.21. The molecular weight excluding hydrogens is 228 g/mol. The minimum atomic E-state index is -1.70. The minimum absolute atomic E-state index is 0.102. The fourth-order valence-electron chi connectivity index (χ4n) is 1.85. The highest BCUT2D eigenvalue weighted by Gasteiger charge is 2.53. The van der Waals surface area contributed by atoms with E-state index in [0.717, 1.165) is 9.80 Å². The molecule has 0 aliphatic carbocycles. The predicted octanol–water partition coefficient (Wildman–Crippen LogP) is -0.0921. The number of imide groups is 2. The number of carbonyl (C=O) groups is 4. The van der Waals surface area contributed by atoms with Gasteiger partial charge in [-0.05, 0) is 13.8 Å². The number of barbiturate groups is 1. The second kappa shape index (κ2) is 4.15. The molecule has 0 aromatic rings. The maximum absolute atomic E-state index is 12.0. The molecule has 0 spiro atoms. The summed E-state index contributed by atoms with van der Waals surface area (Å²) in [7, 11) is 1.24. The lowest BCUT2D eigenvalue weighted by Gasteiger charge is -2.39. The Morgan fingerprint density at radius 2 is 1.82 bits per heavy atom. The first-order valence-electron chi connectivity index (χ1n) is 5.11. The number of hydrogen-bond donors (Lipinski definition) is 1. The van der Waals surface area contributed by atoms with Gasteiger partial charge in [-0.3, -0.25) is 24.2 Å². The monoisotopic (exact) mass is 242 g/mol. The summed E-state index contributed by atoms with van der Waals surface area (Å²) >= 11 is 0. The van der Waals surface area contributed by atoms with Gasteiger partial charge < -0.3 is 5.11 Å². The Morgan fingerprint density at radius 1 is 1.29 bits per heavy atom. The van der Waals surface area contributed by atoms with Gasteiger partial charge in [-0.15, -0.1) is 0 Å². The zero-order valence-corrected chi connectivity index (χ0v) is 9.89. The summed E-state index contributed by atoms with van der Waals surface area (Å²) in [6.45, 7) is 2.93. The molecule has 1 fully saturated rings. The van der Waals surface area contributed by atoms with Crippen molar-refractivity contribution in [1.29, 1.82) is 0 Å². The fraction of sp³-hybridized carbons (Fsp3) is 0.600. The molecule has 1 heterocycles. The Balaban J connectivity index is 3.20. The largest absolute Gasteiger partial charge is 0.481 e. The van der Waals surface area contributed by atoms with E-state index in [1.54, 1.807) is 6.92 Å². The van der Waals surface area contributed by atoms with E-state index in [-0.39, 0.29) is 6.54 Å². The Bertz CT molecular complexity index is 406. The molecule has 1 atom stereocenters. The summed E-state index contributed by atoms with van der Waals surface area (Å²) in [4.78, 5) is 47.8. The summed E-state index contributed by atoms with van der Waals surface area (Å²) in [5, 5.41) is 8.75. The minimum Gasteiger partial charge on any atom is -0.481 e. The van der Waals surface area contributed by atoms with Crippen LogP contribution in [0.4, 0.5) is 4.79 Å². The molecule has 7 nitrogen and oxygen atoms in total. The molecule has 0 radical (unpaired) electrons. The summed E-state index contributed by atoms with van der Waals surface area (Å²) in [6.07, 6.45) is -0.626. The van der Waals surface area contributed by atoms with Crippen LogP contribution in [0.5, 0.6) is 0 Å². The highest BCUT2D eigenvalue weighted by Crippen LogP contribution is 2.31. The molecule has 0 bridgehead atoms. The van der Waals surface area contributed by atoms with Gasteiger partial charge in [0.2, 0.25) is 11.8 Å². The van der Waals surface area contributed by atoms with Crippen LogP contribution in [-0.4, -0.2) is 52.3 Å². The van der Waals surface area contributed by atoms with Crippen LogP contribution >= 0.6 is 0 Å². The number of aliphatic carboxylic acids is 1. The molecule has 1 rings (SSSR count). The van der Waals surface area contributed by atoms with Crippen LogP contribution in [0.25, 0.3) is 0 Å². The van der Waals surface area contributed by atoms with E-state index in [9.17, 15) is 19.2 Å². The second-order valence-corrected chi connectivity index (χ2v) is 4.10. The summed E-state index contributed by atoms with van der Waals surface area (Å²) < 4.78 is 0. The van der Waals surface area contributed by atoms with Crippen molar-refractivity contribution in [2.24, 2.45) is 5.41 Å². The quantitative estimate of drug-likeness (QED) is 0.698. The molecule has 0 aromatic heterocycles. The molecule has 94 valence electrons. The number of nitrogens with zero attached hydrogens (tertiary/aromatic N) is 2. The zero-order valence-electron chi connectivity index (χ0n) is 9.89. The third-order valence-corrected chi connectivity index (χ3v) is 2.83. The lowest BCUT2D eigenvalue weighted by molar-refractivity contribution is -0.162. The molecule has 0 saturated carbocycles. The average molecular weight is 242 g/mol. The molecular formula is C10H14N2O5. The Hall–Kier alpha value is -1.92. The molecule has 1 aliphatic rings. The molecule has 17 heavy (non-hydrogen) atoms. The molecule has 4 amide bonds. The fourth-order valence-corrected chi connectivity index (χ4v) is 1.85. The van der Waals surface area contributed by atoms with Crippen LogP contribution in [0.15, 0.2) is 0 Å². The number of hydrogen-bond acceptors (Lipinski definition) is 4. The smallest absolute Gasteiger partial charge is 0.333 e. The zero-order chi connectivity index (χ0) is 13.4. The number of carboxylic acid groups (broad SMARTS) is 1. The van der Waals surface area contributed by atoms with E-state index in [4.69, 9.17) is 5.11 Å². The van der Waals surface area contributed by atoms with Crippen molar-refractivity contribution in [1.82, 2.24) is 9.80 Å². The van der Waals surface area contributed by atoms with Crippen LogP contribution in [-0.2, 0) is 14.4 Å². The number of amides is 4. The van der Waals surface area contributed by atoms with Crippen molar-refractivity contribution in [2.45, 2.75) is 20.3 Å². The lowest BCUT2D eigenvalue weighted by atomic mass is 9.82. The Morgan fingerprint density at radius 3 is 2.24 bits per heavy atom. The summed E-state index contributed by atoms with van der Waals surface area (Å²) in [6, 6.07) is -0.717. The van der Waals surface area contributed by atoms with E-state index in [2.05, 4.69) is 0 Å². The van der Waals surface area contributed by atoms with Gasteiger partial charge in [0.25, 0.3) is 0 Å². The van der Waals surface area contributed by atoms with Crippen LogP contribution in [0, 0.1) is 5.41 Å². The van der Waals surface area contributed by atoms with Crippen molar-refractivity contribution < 1.29 is 24.3 Å². The van der Waals surface area contributed by atoms with Crippen molar-refractivity contribution in [3.05, 3.63) is 0 Å². The summed E-state index contributed by atoms with van der Waals surface area (Å²) in [5.41, 5.74) is -1.70. The van der Waals surface area contributed by atoms with Crippen LogP contribution < -0.4 is 0 Å². The van der Waals surface area contributed by atoms with Crippen molar-refractivity contribution in [2.75, 3.05) is 13.6 Å². The van der Waals surface area contributed by atoms with E-state index in [1.165, 1.54) is 14.0 Å². The van der Waals surface area contributed by atoms with Gasteiger partial charge >= 0.3 is 12.0 Å². The lowest BCUT2D eigenvalue weighted by Crippen LogP contribution is -2.63. The molecule has 1 unspecified atom stereocenters. The molecule has 1 saturated heterocycles. The van der Waals surface area contributed by atoms with Gasteiger partial charge in [0.15, 0.2) is 0 Å². The van der Waals surface area contributed by atoms with Crippen LogP contribution in [0.1, 0.15) is 20.3 Å². The third kappa shape index (κ3) is 1.88. The van der Waals surface area contributed by atoms with Crippen LogP contribution in [0.3, 0.4) is 0 Å². The second-order valence-electron chi connectivity index (χ2n) is 4.10. The summed E-state index contributed by atoms with van der Waals surface area (Å²) in [5.74, 6) is -2.79. The highest BCUT2D eigenvalue weighted by molar-refractivity contribution is 6.19. The number of rotatable bonds is 3. The highest BCUT2D eigenvalue weighted by atomic mass is 16.4. The normalized spacial score (nSPS) is 25.5. The predicted molar refractivity (Wildman–Crippen MR) is 55.9 cm³/mol. The number of urea groups is 1. The van der Waals surface area contributed by atoms with Gasteiger partial charge in [0.05, 0.1) is 6.42 Å². The van der Waals surface area contributed by atoms with Crippen molar-refractivity contribution in [3.63, 3.8) is 0 Å². The Labute approximate surface area is 98.0 Å². The van der Waals surface area contributed by atoms with E-state index in [0.29, 0.717) is 0 Å². The maximum atomic E-state index is 12.0. The topological polar surface area (TPSA) is 95.0 Å². The maximum Gasteiger partial charge on any atom is 0.333 e. The van der Waals surface area contributed by atoms with E-state index in [1.807, 2.05) is 0 Å². The van der Waals surface area contributed by atoms with E-state index >= 15 is 0 Å². The number of carboxylic acids is 1. The first-order chi connectivity index (χ1) is 7.75. The molecule has 7 heteroatoms. The molecule has 1 N–H and O–H groups in total. The van der Waals surface area contributed by atoms with Gasteiger partial charge in [-0.25, -0.2) is 4.79 Å². The third-order valence-electron chi connectivity index (χ3n) is 2.83. The van der Waals surface area contributed by atoms with Crippen molar-refractivity contribution in [3.8, 4) is 0 Å². The molecule has 0 aromatic carbocycles. The average Bonchev–Trinajstić information content (AvgIpc) is 2.24. The van der Waals surface area contributed by atoms with Crippen LogP contribution in [0.2, 0.25) is 0 Å². The van der Waals surface area contributed by atoms with Gasteiger partial charge in [0.1, 0.15) is 5.41 Å². The first kappa shape index (κ1) is 13.1. The van der Waals surface area contributed by atoms with E-state index < -0.39 is 35.7 Å². The van der Waals surface area contributed by atoms with Gasteiger partial charge in [-0.1, -0.05) is 0 Å². The van der Waals surface area contributed by atoms with Gasteiger partial charge in [-0.2, -0.15) is 0 Å². The molecule has 1 aliphatic heterocycles. The standard InChI is InChI=1S/C10H14N2O5/c1-4-12-8(16)10(2,5-6(13)14)7(15)11(3)9(12)17/h4-5H2,1-3H3,(H,13,14).